The Morgan fingerprint density at radius 1 is 1.44 bits per heavy atom. The van der Waals surface area contributed by atoms with E-state index in [-0.39, 0.29) is 0 Å². The van der Waals surface area contributed by atoms with Gasteiger partial charge in [0, 0.05) is 32.9 Å². The number of hydrogen-bond donors (Lipinski definition) is 1. The molecule has 100 valence electrons. The average Bonchev–Trinajstić information content (AvgIpc) is 2.45. The molecule has 0 aromatic carbocycles. The number of rotatable bonds is 5. The van der Waals surface area contributed by atoms with E-state index in [9.17, 15) is 0 Å². The lowest BCUT2D eigenvalue weighted by molar-refractivity contribution is 0.0818. The van der Waals surface area contributed by atoms with Crippen LogP contribution in [0.4, 0.5) is 11.8 Å². The van der Waals surface area contributed by atoms with Crippen molar-refractivity contribution >= 4 is 11.8 Å². The Balaban J connectivity index is 1.96. The van der Waals surface area contributed by atoms with Crippen molar-refractivity contribution in [2.75, 3.05) is 37.0 Å². The molecule has 18 heavy (non-hydrogen) atoms. The summed E-state index contributed by atoms with van der Waals surface area (Å²) in [7, 11) is 1.79. The summed E-state index contributed by atoms with van der Waals surface area (Å²) >= 11 is 0. The summed E-state index contributed by atoms with van der Waals surface area (Å²) in [6, 6.07) is 1.98. The minimum absolute atomic E-state index is 0.403. The third-order valence-electron chi connectivity index (χ3n) is 3.27. The second kappa shape index (κ2) is 6.54. The Labute approximate surface area is 109 Å². The third kappa shape index (κ3) is 3.32. The monoisotopic (exact) mass is 250 g/mol. The Morgan fingerprint density at radius 3 is 2.89 bits per heavy atom. The predicted molar refractivity (Wildman–Crippen MR) is 73.1 cm³/mol. The van der Waals surface area contributed by atoms with Crippen molar-refractivity contribution in [3.8, 4) is 0 Å². The molecule has 1 aliphatic heterocycles. The second-order valence-corrected chi connectivity index (χ2v) is 4.59. The molecule has 5 nitrogen and oxygen atoms in total. The number of nitrogens with zero attached hydrogens (tertiary/aromatic N) is 3. The molecule has 1 aromatic heterocycles. The molecule has 0 atom stereocenters. The first-order valence-corrected chi connectivity index (χ1v) is 6.68. The summed E-state index contributed by atoms with van der Waals surface area (Å²) < 4.78 is 5.38. The number of methoxy groups -OCH3 is 1. The molecule has 0 spiro atoms. The maximum atomic E-state index is 5.38. The van der Waals surface area contributed by atoms with E-state index in [1.165, 1.54) is 0 Å². The SMILES string of the molecule is CCCNc1nccc(N2CCC(OC)CC2)n1. The van der Waals surface area contributed by atoms with Crippen molar-refractivity contribution in [1.82, 2.24) is 9.97 Å². The summed E-state index contributed by atoms with van der Waals surface area (Å²) in [5, 5.41) is 3.22. The lowest BCUT2D eigenvalue weighted by Crippen LogP contribution is -2.37. The van der Waals surface area contributed by atoms with E-state index in [0.29, 0.717) is 6.10 Å². The quantitative estimate of drug-likeness (QED) is 0.865. The Hall–Kier alpha value is -1.36. The summed E-state index contributed by atoms with van der Waals surface area (Å²) in [6.07, 6.45) is 5.44. The highest BCUT2D eigenvalue weighted by Gasteiger charge is 2.19. The van der Waals surface area contributed by atoms with Crippen LogP contribution in [-0.4, -0.2) is 42.8 Å². The van der Waals surface area contributed by atoms with Gasteiger partial charge in [-0.2, -0.15) is 4.98 Å². The fraction of sp³-hybridized carbons (Fsp3) is 0.692. The Morgan fingerprint density at radius 2 is 2.22 bits per heavy atom. The van der Waals surface area contributed by atoms with Gasteiger partial charge in [0.2, 0.25) is 5.95 Å². The van der Waals surface area contributed by atoms with Crippen LogP contribution in [0.15, 0.2) is 12.3 Å². The van der Waals surface area contributed by atoms with Crippen molar-refractivity contribution in [1.29, 1.82) is 0 Å². The first-order valence-electron chi connectivity index (χ1n) is 6.68. The number of ether oxygens (including phenoxy) is 1. The van der Waals surface area contributed by atoms with Gasteiger partial charge < -0.3 is 15.0 Å². The number of aromatic nitrogens is 2. The molecule has 0 radical (unpaired) electrons. The van der Waals surface area contributed by atoms with Gasteiger partial charge in [-0.1, -0.05) is 6.92 Å². The molecule has 1 saturated heterocycles. The molecule has 0 bridgehead atoms. The number of piperidine rings is 1. The zero-order chi connectivity index (χ0) is 12.8. The summed E-state index contributed by atoms with van der Waals surface area (Å²) in [5.74, 6) is 1.74. The van der Waals surface area contributed by atoms with Crippen molar-refractivity contribution in [3.05, 3.63) is 12.3 Å². The minimum atomic E-state index is 0.403. The molecule has 0 aliphatic carbocycles. The molecule has 2 heterocycles. The largest absolute Gasteiger partial charge is 0.381 e. The summed E-state index contributed by atoms with van der Waals surface area (Å²) in [5.41, 5.74) is 0. The zero-order valence-corrected chi connectivity index (χ0v) is 11.2. The van der Waals surface area contributed by atoms with Gasteiger partial charge >= 0.3 is 0 Å². The van der Waals surface area contributed by atoms with Crippen LogP contribution >= 0.6 is 0 Å². The standard InChI is InChI=1S/C13H22N4O/c1-3-7-14-13-15-8-4-12(16-13)17-9-5-11(18-2)6-10-17/h4,8,11H,3,5-7,9-10H2,1-2H3,(H,14,15,16). The van der Waals surface area contributed by atoms with E-state index in [0.717, 1.165) is 50.7 Å². The topological polar surface area (TPSA) is 50.3 Å². The molecule has 1 N–H and O–H groups in total. The van der Waals surface area contributed by atoms with Crippen LogP contribution < -0.4 is 10.2 Å². The molecular formula is C13H22N4O. The van der Waals surface area contributed by atoms with Crippen LogP contribution in [-0.2, 0) is 4.74 Å². The fourth-order valence-corrected chi connectivity index (χ4v) is 2.17. The molecule has 0 saturated carbocycles. The average molecular weight is 250 g/mol. The van der Waals surface area contributed by atoms with Crippen LogP contribution in [0.2, 0.25) is 0 Å². The zero-order valence-electron chi connectivity index (χ0n) is 11.2. The number of nitrogens with one attached hydrogen (secondary N) is 1. The van der Waals surface area contributed by atoms with Gasteiger partial charge in [-0.05, 0) is 25.3 Å². The van der Waals surface area contributed by atoms with E-state index >= 15 is 0 Å². The molecule has 1 fully saturated rings. The minimum Gasteiger partial charge on any atom is -0.381 e. The summed E-state index contributed by atoms with van der Waals surface area (Å²) in [4.78, 5) is 11.1. The molecular weight excluding hydrogens is 228 g/mol. The smallest absolute Gasteiger partial charge is 0.224 e. The lowest BCUT2D eigenvalue weighted by Gasteiger charge is -2.32. The van der Waals surface area contributed by atoms with Crippen LogP contribution in [0.1, 0.15) is 26.2 Å². The fourth-order valence-electron chi connectivity index (χ4n) is 2.17. The van der Waals surface area contributed by atoms with Crippen molar-refractivity contribution in [2.24, 2.45) is 0 Å². The first kappa shape index (κ1) is 13.1. The van der Waals surface area contributed by atoms with Crippen LogP contribution in [0.25, 0.3) is 0 Å². The van der Waals surface area contributed by atoms with Gasteiger partial charge in [0.25, 0.3) is 0 Å². The van der Waals surface area contributed by atoms with E-state index in [1.807, 2.05) is 12.3 Å². The van der Waals surface area contributed by atoms with Gasteiger partial charge in [-0.15, -0.1) is 0 Å². The maximum Gasteiger partial charge on any atom is 0.224 e. The van der Waals surface area contributed by atoms with E-state index in [2.05, 4.69) is 27.1 Å². The van der Waals surface area contributed by atoms with Crippen molar-refractivity contribution < 1.29 is 4.74 Å². The predicted octanol–water partition coefficient (Wildman–Crippen LogP) is 1.91. The number of anilines is 2. The van der Waals surface area contributed by atoms with Crippen LogP contribution in [0, 0.1) is 0 Å². The van der Waals surface area contributed by atoms with E-state index in [4.69, 9.17) is 4.74 Å². The lowest BCUT2D eigenvalue weighted by atomic mass is 10.1. The molecule has 1 aromatic rings. The molecule has 0 unspecified atom stereocenters. The molecule has 2 rings (SSSR count). The second-order valence-electron chi connectivity index (χ2n) is 4.59. The highest BCUT2D eigenvalue weighted by Crippen LogP contribution is 2.19. The third-order valence-corrected chi connectivity index (χ3v) is 3.27. The first-order chi connectivity index (χ1) is 8.83. The van der Waals surface area contributed by atoms with E-state index in [1.54, 1.807) is 7.11 Å². The highest BCUT2D eigenvalue weighted by atomic mass is 16.5. The van der Waals surface area contributed by atoms with Gasteiger partial charge in [0.05, 0.1) is 6.10 Å². The van der Waals surface area contributed by atoms with Crippen molar-refractivity contribution in [3.63, 3.8) is 0 Å². The molecule has 5 heteroatoms. The van der Waals surface area contributed by atoms with Gasteiger partial charge in [-0.25, -0.2) is 4.98 Å². The molecule has 1 aliphatic rings. The summed E-state index contributed by atoms with van der Waals surface area (Å²) in [6.45, 7) is 5.05. The maximum absolute atomic E-state index is 5.38. The van der Waals surface area contributed by atoms with Gasteiger partial charge in [-0.3, -0.25) is 0 Å². The Kier molecular flexibility index (Phi) is 4.75. The normalized spacial score (nSPS) is 16.9. The van der Waals surface area contributed by atoms with Crippen LogP contribution in [0.5, 0.6) is 0 Å². The van der Waals surface area contributed by atoms with E-state index < -0.39 is 0 Å². The highest BCUT2D eigenvalue weighted by molar-refractivity contribution is 5.42. The van der Waals surface area contributed by atoms with Crippen LogP contribution in [0.3, 0.4) is 0 Å². The van der Waals surface area contributed by atoms with Gasteiger partial charge in [0.15, 0.2) is 0 Å². The van der Waals surface area contributed by atoms with Crippen molar-refractivity contribution in [2.45, 2.75) is 32.3 Å². The molecule has 0 amide bonds. The number of hydrogen-bond acceptors (Lipinski definition) is 5. The Bertz CT molecular complexity index is 364. The van der Waals surface area contributed by atoms with Gasteiger partial charge in [0.1, 0.15) is 5.82 Å².